The number of nitrogens with zero attached hydrogens (tertiary/aromatic N) is 2. The maximum absolute atomic E-state index is 11.0. The van der Waals surface area contributed by atoms with Gasteiger partial charge >= 0.3 is 11.8 Å². The molecule has 0 aliphatic rings. The third kappa shape index (κ3) is 2.26. The quantitative estimate of drug-likeness (QED) is 0.580. The zero-order chi connectivity index (χ0) is 13.2. The number of nitro groups is 1. The molecule has 0 bridgehead atoms. The van der Waals surface area contributed by atoms with E-state index in [4.69, 9.17) is 9.84 Å². The van der Waals surface area contributed by atoms with Crippen molar-refractivity contribution in [1.82, 2.24) is 10.2 Å². The van der Waals surface area contributed by atoms with Gasteiger partial charge in [-0.3, -0.25) is 0 Å². The van der Waals surface area contributed by atoms with E-state index in [1.165, 1.54) is 13.3 Å². The highest BCUT2D eigenvalue weighted by Crippen LogP contribution is 2.33. The fraction of sp³-hybridized carbons (Fsp3) is 0.556. The van der Waals surface area contributed by atoms with Crippen LogP contribution in [-0.2, 0) is 14.9 Å². The van der Waals surface area contributed by atoms with Crippen LogP contribution in [0.15, 0.2) is 6.20 Å². The first-order chi connectivity index (χ1) is 7.82. The molecule has 1 heterocycles. The normalized spacial score (nSPS) is 13.4. The number of hydrogen-bond donors (Lipinski definition) is 2. The van der Waals surface area contributed by atoms with E-state index in [9.17, 15) is 14.9 Å². The lowest BCUT2D eigenvalue weighted by Gasteiger charge is -2.28. The lowest BCUT2D eigenvalue weighted by Crippen LogP contribution is -2.41. The third-order valence-electron chi connectivity index (χ3n) is 2.61. The van der Waals surface area contributed by atoms with Crippen molar-refractivity contribution in [3.63, 3.8) is 0 Å². The van der Waals surface area contributed by atoms with Gasteiger partial charge in [0.2, 0.25) is 0 Å². The average Bonchev–Trinajstić information content (AvgIpc) is 2.65. The zero-order valence-electron chi connectivity index (χ0n) is 9.63. The standard InChI is InChI=1S/C9H13N3O5/c1-9(2,6(17-3)8(13)14)5-4-10-11-7(5)12(15)16/h4,6H,1-3H3,(H,10,11)(H,13,14). The Morgan fingerprint density at radius 1 is 1.71 bits per heavy atom. The van der Waals surface area contributed by atoms with E-state index in [1.54, 1.807) is 13.8 Å². The summed E-state index contributed by atoms with van der Waals surface area (Å²) < 4.78 is 4.87. The summed E-state index contributed by atoms with van der Waals surface area (Å²) in [5.74, 6) is -1.51. The van der Waals surface area contributed by atoms with Gasteiger partial charge in [-0.2, -0.15) is 0 Å². The second-order valence-electron chi connectivity index (χ2n) is 4.07. The van der Waals surface area contributed by atoms with Gasteiger partial charge in [-0.05, 0) is 4.92 Å². The predicted octanol–water partition coefficient (Wildman–Crippen LogP) is 0.695. The molecule has 1 aromatic heterocycles. The van der Waals surface area contributed by atoms with Gasteiger partial charge < -0.3 is 20.0 Å². The molecule has 0 amide bonds. The van der Waals surface area contributed by atoms with Crippen molar-refractivity contribution in [3.8, 4) is 0 Å². The molecule has 8 nitrogen and oxygen atoms in total. The molecule has 1 unspecified atom stereocenters. The predicted molar refractivity (Wildman–Crippen MR) is 56.7 cm³/mol. The van der Waals surface area contributed by atoms with Gasteiger partial charge in [0, 0.05) is 12.5 Å². The molecule has 0 fully saturated rings. The van der Waals surface area contributed by atoms with Crippen molar-refractivity contribution < 1.29 is 19.6 Å². The van der Waals surface area contributed by atoms with Crippen LogP contribution < -0.4 is 0 Å². The van der Waals surface area contributed by atoms with E-state index >= 15 is 0 Å². The topological polar surface area (TPSA) is 118 Å². The minimum Gasteiger partial charge on any atom is -0.479 e. The summed E-state index contributed by atoms with van der Waals surface area (Å²) in [5.41, 5.74) is -0.882. The fourth-order valence-electron chi connectivity index (χ4n) is 1.74. The number of carboxylic acid groups (broad SMARTS) is 1. The Hall–Kier alpha value is -1.96. The van der Waals surface area contributed by atoms with E-state index in [-0.39, 0.29) is 11.4 Å². The van der Waals surface area contributed by atoms with Gasteiger partial charge in [0.25, 0.3) is 0 Å². The molecule has 0 saturated carbocycles. The fourth-order valence-corrected chi connectivity index (χ4v) is 1.74. The molecule has 0 radical (unpaired) electrons. The van der Waals surface area contributed by atoms with Crippen molar-refractivity contribution >= 4 is 11.8 Å². The summed E-state index contributed by atoms with van der Waals surface area (Å²) in [5, 5.41) is 25.6. The van der Waals surface area contributed by atoms with Crippen molar-refractivity contribution in [3.05, 3.63) is 21.9 Å². The highest BCUT2D eigenvalue weighted by molar-refractivity contribution is 5.75. The number of carboxylic acids is 1. The van der Waals surface area contributed by atoms with Gasteiger partial charge in [0.15, 0.2) is 6.10 Å². The van der Waals surface area contributed by atoms with Crippen LogP contribution in [0.2, 0.25) is 0 Å². The number of rotatable bonds is 5. The van der Waals surface area contributed by atoms with Gasteiger partial charge in [-0.15, -0.1) is 5.10 Å². The first-order valence-corrected chi connectivity index (χ1v) is 4.76. The van der Waals surface area contributed by atoms with Gasteiger partial charge in [-0.1, -0.05) is 18.9 Å². The first kappa shape index (κ1) is 13.1. The monoisotopic (exact) mass is 243 g/mol. The van der Waals surface area contributed by atoms with Crippen LogP contribution in [0.3, 0.4) is 0 Å². The Bertz CT molecular complexity index is 440. The Morgan fingerprint density at radius 2 is 2.29 bits per heavy atom. The highest BCUT2D eigenvalue weighted by Gasteiger charge is 2.42. The van der Waals surface area contributed by atoms with E-state index in [0.717, 1.165) is 0 Å². The molecule has 8 heteroatoms. The van der Waals surface area contributed by atoms with Crippen LogP contribution in [0, 0.1) is 10.1 Å². The van der Waals surface area contributed by atoms with Crippen LogP contribution in [-0.4, -0.2) is 39.4 Å². The number of H-pyrrole nitrogens is 1. The van der Waals surface area contributed by atoms with Crippen LogP contribution in [0.5, 0.6) is 0 Å². The molecule has 1 aromatic rings. The number of methoxy groups -OCH3 is 1. The Balaban J connectivity index is 3.24. The molecule has 17 heavy (non-hydrogen) atoms. The molecule has 1 rings (SSSR count). The first-order valence-electron chi connectivity index (χ1n) is 4.76. The summed E-state index contributed by atoms with van der Waals surface area (Å²) >= 11 is 0. The summed E-state index contributed by atoms with van der Waals surface area (Å²) in [4.78, 5) is 21.1. The van der Waals surface area contributed by atoms with E-state index < -0.39 is 22.4 Å². The number of aromatic amines is 1. The number of aromatic nitrogens is 2. The Kier molecular flexibility index (Phi) is 3.47. The Labute approximate surface area is 96.7 Å². The molecule has 94 valence electrons. The van der Waals surface area contributed by atoms with E-state index in [2.05, 4.69) is 10.2 Å². The second-order valence-corrected chi connectivity index (χ2v) is 4.07. The van der Waals surface area contributed by atoms with E-state index in [0.29, 0.717) is 0 Å². The number of ether oxygens (including phenoxy) is 1. The molecular weight excluding hydrogens is 230 g/mol. The molecule has 0 spiro atoms. The van der Waals surface area contributed by atoms with Crippen LogP contribution >= 0.6 is 0 Å². The van der Waals surface area contributed by atoms with Crippen molar-refractivity contribution in [1.29, 1.82) is 0 Å². The van der Waals surface area contributed by atoms with Crippen molar-refractivity contribution in [2.75, 3.05) is 7.11 Å². The van der Waals surface area contributed by atoms with Gasteiger partial charge in [-0.25, -0.2) is 4.79 Å². The molecule has 0 aliphatic carbocycles. The van der Waals surface area contributed by atoms with Crippen LogP contribution in [0.4, 0.5) is 5.82 Å². The van der Waals surface area contributed by atoms with Crippen molar-refractivity contribution in [2.45, 2.75) is 25.4 Å². The molecule has 2 N–H and O–H groups in total. The molecule has 1 atom stereocenters. The number of nitrogens with one attached hydrogen (secondary N) is 1. The molecular formula is C9H13N3O5. The van der Waals surface area contributed by atoms with E-state index in [1.807, 2.05) is 0 Å². The van der Waals surface area contributed by atoms with Gasteiger partial charge in [0.05, 0.1) is 11.8 Å². The minimum atomic E-state index is -1.20. The number of carbonyl (C=O) groups is 1. The zero-order valence-corrected chi connectivity index (χ0v) is 9.63. The minimum absolute atomic E-state index is 0.191. The third-order valence-corrected chi connectivity index (χ3v) is 2.61. The summed E-state index contributed by atoms with van der Waals surface area (Å²) in [6.07, 6.45) is 0.0476. The number of hydrogen-bond acceptors (Lipinski definition) is 5. The van der Waals surface area contributed by atoms with Gasteiger partial charge in [0.1, 0.15) is 0 Å². The summed E-state index contributed by atoms with van der Waals surface area (Å²) in [7, 11) is 1.24. The lowest BCUT2D eigenvalue weighted by molar-refractivity contribution is -0.390. The SMILES string of the molecule is COC(C(=O)O)C(C)(C)c1cn[nH]c1[N+](=O)[O-]. The lowest BCUT2D eigenvalue weighted by atomic mass is 9.80. The maximum atomic E-state index is 11.0. The number of aliphatic carboxylic acids is 1. The molecule has 0 saturated heterocycles. The smallest absolute Gasteiger partial charge is 0.346 e. The second kappa shape index (κ2) is 4.50. The summed E-state index contributed by atoms with van der Waals surface area (Å²) in [6.45, 7) is 3.10. The summed E-state index contributed by atoms with van der Waals surface area (Å²) in [6, 6.07) is 0. The van der Waals surface area contributed by atoms with Crippen LogP contribution in [0.1, 0.15) is 19.4 Å². The van der Waals surface area contributed by atoms with Crippen molar-refractivity contribution in [2.24, 2.45) is 0 Å². The largest absolute Gasteiger partial charge is 0.479 e. The molecule has 0 aromatic carbocycles. The van der Waals surface area contributed by atoms with Crippen LogP contribution in [0.25, 0.3) is 0 Å². The molecule has 0 aliphatic heterocycles. The maximum Gasteiger partial charge on any atom is 0.346 e. The highest BCUT2D eigenvalue weighted by atomic mass is 16.6. The Morgan fingerprint density at radius 3 is 2.71 bits per heavy atom. The average molecular weight is 243 g/mol.